The highest BCUT2D eigenvalue weighted by Gasteiger charge is 2.35. The second-order valence-electron chi connectivity index (χ2n) is 6.59. The van der Waals surface area contributed by atoms with Gasteiger partial charge in [-0.3, -0.25) is 4.79 Å². The van der Waals surface area contributed by atoms with Crippen LogP contribution in [0, 0.1) is 0 Å². The fourth-order valence-corrected chi connectivity index (χ4v) is 6.93. The van der Waals surface area contributed by atoms with E-state index in [1.807, 2.05) is 24.3 Å². The maximum Gasteiger partial charge on any atom is 0.249 e. The molecule has 28 heavy (non-hydrogen) atoms. The van der Waals surface area contributed by atoms with E-state index in [0.29, 0.717) is 31.7 Å². The second-order valence-corrected chi connectivity index (χ2v) is 11.0. The van der Waals surface area contributed by atoms with Crippen molar-refractivity contribution in [3.63, 3.8) is 0 Å². The molecule has 148 valence electrons. The zero-order chi connectivity index (χ0) is 19.7. The summed E-state index contributed by atoms with van der Waals surface area (Å²) in [6.07, 6.45) is 2.20. The fourth-order valence-electron chi connectivity index (χ4n) is 3.22. The molecule has 1 aliphatic heterocycles. The van der Waals surface area contributed by atoms with Crippen molar-refractivity contribution in [3.8, 4) is 0 Å². The van der Waals surface area contributed by atoms with E-state index >= 15 is 0 Å². The number of thiazole rings is 1. The lowest BCUT2D eigenvalue weighted by atomic mass is 10.1. The van der Waals surface area contributed by atoms with Crippen LogP contribution in [0.15, 0.2) is 40.1 Å². The zero-order valence-corrected chi connectivity index (χ0v) is 17.6. The number of fused-ring (bicyclic) bond motifs is 1. The van der Waals surface area contributed by atoms with E-state index in [1.54, 1.807) is 23.3 Å². The standard InChI is InChI=1S/C17H19N5O3S3/c1-21-11-18-20-16(21)28(24,25)12-6-8-22(9-7-12)15(23)10-26-17-19-13-4-2-3-5-14(13)27-17/h2-5,11-12H,6-10H2,1H3. The van der Waals surface area contributed by atoms with Crippen LogP contribution in [0.4, 0.5) is 0 Å². The third-order valence-electron chi connectivity index (χ3n) is 4.75. The van der Waals surface area contributed by atoms with Gasteiger partial charge in [-0.1, -0.05) is 23.9 Å². The van der Waals surface area contributed by atoms with Crippen molar-refractivity contribution < 1.29 is 13.2 Å². The van der Waals surface area contributed by atoms with Crippen LogP contribution in [-0.4, -0.2) is 63.1 Å². The van der Waals surface area contributed by atoms with Gasteiger partial charge in [0.25, 0.3) is 0 Å². The van der Waals surface area contributed by atoms with Crippen LogP contribution in [0.3, 0.4) is 0 Å². The highest BCUT2D eigenvalue weighted by molar-refractivity contribution is 8.01. The first kappa shape index (κ1) is 19.3. The molecule has 11 heteroatoms. The molecule has 0 spiro atoms. The van der Waals surface area contributed by atoms with Crippen molar-refractivity contribution in [1.29, 1.82) is 0 Å². The van der Waals surface area contributed by atoms with Crippen molar-refractivity contribution >= 4 is 49.1 Å². The van der Waals surface area contributed by atoms with E-state index in [9.17, 15) is 13.2 Å². The lowest BCUT2D eigenvalue weighted by Crippen LogP contribution is -2.43. The molecule has 0 atom stereocenters. The van der Waals surface area contributed by atoms with E-state index in [1.165, 1.54) is 22.7 Å². The molecular weight excluding hydrogens is 418 g/mol. The Morgan fingerprint density at radius 1 is 1.29 bits per heavy atom. The van der Waals surface area contributed by atoms with Gasteiger partial charge in [-0.25, -0.2) is 13.4 Å². The lowest BCUT2D eigenvalue weighted by Gasteiger charge is -2.31. The maximum absolute atomic E-state index is 12.7. The Kier molecular flexibility index (Phi) is 5.39. The highest BCUT2D eigenvalue weighted by Crippen LogP contribution is 2.30. The minimum Gasteiger partial charge on any atom is -0.342 e. The third kappa shape index (κ3) is 3.78. The molecule has 0 saturated carbocycles. The molecule has 1 saturated heterocycles. The number of aromatic nitrogens is 4. The molecule has 2 aromatic heterocycles. The molecule has 0 radical (unpaired) electrons. The summed E-state index contributed by atoms with van der Waals surface area (Å²) in [7, 11) is -1.91. The van der Waals surface area contributed by atoms with Crippen LogP contribution in [-0.2, 0) is 21.7 Å². The summed E-state index contributed by atoms with van der Waals surface area (Å²) in [6.45, 7) is 0.863. The molecule has 4 rings (SSSR count). The van der Waals surface area contributed by atoms with Crippen molar-refractivity contribution in [1.82, 2.24) is 24.6 Å². The SMILES string of the molecule is Cn1cnnc1S(=O)(=O)C1CCN(C(=O)CSc2nc3ccccc3s2)CC1. The Morgan fingerprint density at radius 2 is 2.04 bits per heavy atom. The highest BCUT2D eigenvalue weighted by atomic mass is 32.2. The van der Waals surface area contributed by atoms with Gasteiger partial charge in [0.2, 0.25) is 20.9 Å². The molecule has 0 bridgehead atoms. The molecule has 0 aliphatic carbocycles. The van der Waals surface area contributed by atoms with Gasteiger partial charge in [0.05, 0.1) is 21.2 Å². The largest absolute Gasteiger partial charge is 0.342 e. The van der Waals surface area contributed by atoms with Gasteiger partial charge in [0, 0.05) is 20.1 Å². The van der Waals surface area contributed by atoms with Crippen LogP contribution in [0.5, 0.6) is 0 Å². The van der Waals surface area contributed by atoms with Crippen molar-refractivity contribution in [2.45, 2.75) is 27.6 Å². The summed E-state index contributed by atoms with van der Waals surface area (Å²) >= 11 is 3.01. The number of hydrogen-bond donors (Lipinski definition) is 0. The van der Waals surface area contributed by atoms with Gasteiger partial charge in [0.15, 0.2) is 4.34 Å². The number of hydrogen-bond acceptors (Lipinski definition) is 8. The number of sulfone groups is 1. The van der Waals surface area contributed by atoms with E-state index < -0.39 is 15.1 Å². The number of benzene rings is 1. The van der Waals surface area contributed by atoms with Crippen molar-refractivity contribution in [2.75, 3.05) is 18.8 Å². The molecule has 1 amide bonds. The molecule has 3 aromatic rings. The van der Waals surface area contributed by atoms with Crippen LogP contribution < -0.4 is 0 Å². The minimum absolute atomic E-state index is 0.0105. The van der Waals surface area contributed by atoms with E-state index in [0.717, 1.165) is 14.6 Å². The van der Waals surface area contributed by atoms with Crippen LogP contribution in [0.1, 0.15) is 12.8 Å². The predicted molar refractivity (Wildman–Crippen MR) is 108 cm³/mol. The minimum atomic E-state index is -3.53. The lowest BCUT2D eigenvalue weighted by molar-refractivity contribution is -0.129. The molecule has 1 aromatic carbocycles. The van der Waals surface area contributed by atoms with Gasteiger partial charge < -0.3 is 9.47 Å². The average molecular weight is 438 g/mol. The summed E-state index contributed by atoms with van der Waals surface area (Å²) in [5.74, 6) is 0.319. The number of amides is 1. The number of piperidine rings is 1. The van der Waals surface area contributed by atoms with Gasteiger partial charge in [-0.15, -0.1) is 21.5 Å². The topological polar surface area (TPSA) is 98.0 Å². The first-order valence-electron chi connectivity index (χ1n) is 8.79. The average Bonchev–Trinajstić information content (AvgIpc) is 3.32. The second kappa shape index (κ2) is 7.80. The molecular formula is C17H19N5O3S3. The number of para-hydroxylation sites is 1. The number of likely N-dealkylation sites (tertiary alicyclic amines) is 1. The van der Waals surface area contributed by atoms with Crippen LogP contribution in [0.2, 0.25) is 0 Å². The summed E-state index contributed by atoms with van der Waals surface area (Å²) < 4.78 is 28.8. The Hall–Kier alpha value is -1.98. The third-order valence-corrected chi connectivity index (χ3v) is 9.14. The maximum atomic E-state index is 12.7. The Balaban J connectivity index is 1.33. The number of carbonyl (C=O) groups excluding carboxylic acids is 1. The van der Waals surface area contributed by atoms with Crippen LogP contribution in [0.25, 0.3) is 10.2 Å². The monoisotopic (exact) mass is 437 g/mol. The Bertz CT molecular complexity index is 1070. The smallest absolute Gasteiger partial charge is 0.249 e. The predicted octanol–water partition coefficient (Wildman–Crippen LogP) is 1.98. The first-order valence-corrected chi connectivity index (χ1v) is 12.1. The Labute approximate surface area is 170 Å². The molecule has 1 fully saturated rings. The van der Waals surface area contributed by atoms with Crippen molar-refractivity contribution in [2.24, 2.45) is 7.05 Å². The summed E-state index contributed by atoms with van der Waals surface area (Å²) in [5.41, 5.74) is 0.942. The molecule has 1 aliphatic rings. The van der Waals surface area contributed by atoms with Gasteiger partial charge in [0.1, 0.15) is 6.33 Å². The Morgan fingerprint density at radius 3 is 2.71 bits per heavy atom. The summed E-state index contributed by atoms with van der Waals surface area (Å²) in [5, 5.41) is 6.85. The number of aryl methyl sites for hydroxylation is 1. The number of carbonyl (C=O) groups is 1. The molecule has 0 unspecified atom stereocenters. The van der Waals surface area contributed by atoms with Crippen molar-refractivity contribution in [3.05, 3.63) is 30.6 Å². The first-order chi connectivity index (χ1) is 13.4. The zero-order valence-electron chi connectivity index (χ0n) is 15.2. The quantitative estimate of drug-likeness (QED) is 0.563. The molecule has 8 nitrogen and oxygen atoms in total. The number of rotatable bonds is 5. The number of thioether (sulfide) groups is 1. The molecule has 3 heterocycles. The fraction of sp³-hybridized carbons (Fsp3) is 0.412. The van der Waals surface area contributed by atoms with Gasteiger partial charge >= 0.3 is 0 Å². The normalized spacial score (nSPS) is 16.0. The summed E-state index contributed by atoms with van der Waals surface area (Å²) in [4.78, 5) is 18.8. The van der Waals surface area contributed by atoms with E-state index in [2.05, 4.69) is 15.2 Å². The van der Waals surface area contributed by atoms with E-state index in [4.69, 9.17) is 0 Å². The summed E-state index contributed by atoms with van der Waals surface area (Å²) in [6, 6.07) is 7.89. The molecule has 0 N–H and O–H groups in total. The van der Waals surface area contributed by atoms with Gasteiger partial charge in [-0.05, 0) is 25.0 Å². The van der Waals surface area contributed by atoms with Gasteiger partial charge in [-0.2, -0.15) is 0 Å². The number of nitrogens with zero attached hydrogens (tertiary/aromatic N) is 5. The van der Waals surface area contributed by atoms with Crippen LogP contribution >= 0.6 is 23.1 Å². The van der Waals surface area contributed by atoms with E-state index in [-0.39, 0.29) is 11.1 Å².